The number of anilines is 1. The Balaban J connectivity index is 1.68. The van der Waals surface area contributed by atoms with Gasteiger partial charge in [-0.15, -0.1) is 0 Å². The lowest BCUT2D eigenvalue weighted by molar-refractivity contribution is 0.287. The highest BCUT2D eigenvalue weighted by atomic mass is 19.1. The van der Waals surface area contributed by atoms with Crippen LogP contribution < -0.4 is 15.3 Å². The van der Waals surface area contributed by atoms with Crippen LogP contribution in [0.4, 0.5) is 10.1 Å². The second kappa shape index (κ2) is 5.34. The molecule has 0 N–H and O–H groups in total. The third-order valence-electron chi connectivity index (χ3n) is 5.12. The van der Waals surface area contributed by atoms with E-state index in [0.29, 0.717) is 23.6 Å². The number of aryl methyl sites for hydroxylation is 1. The molecule has 0 saturated heterocycles. The van der Waals surface area contributed by atoms with Gasteiger partial charge in [0.2, 0.25) is 0 Å². The molecule has 2 heterocycles. The summed E-state index contributed by atoms with van der Waals surface area (Å²) in [6.07, 6.45) is 2.66. The van der Waals surface area contributed by atoms with E-state index >= 15 is 0 Å². The summed E-state index contributed by atoms with van der Waals surface area (Å²) in [7, 11) is 0. The van der Waals surface area contributed by atoms with Gasteiger partial charge in [-0.2, -0.15) is 0 Å². The van der Waals surface area contributed by atoms with Crippen molar-refractivity contribution in [1.82, 2.24) is 0 Å². The Kier molecular flexibility index (Phi) is 3.10. The van der Waals surface area contributed by atoms with Crippen molar-refractivity contribution in [2.75, 3.05) is 11.6 Å². The minimum absolute atomic E-state index is 0.253. The van der Waals surface area contributed by atoms with Crippen LogP contribution in [0.5, 0.6) is 5.75 Å². The van der Waals surface area contributed by atoms with E-state index in [2.05, 4.69) is 0 Å². The highest BCUT2D eigenvalue weighted by molar-refractivity contribution is 5.87. The van der Waals surface area contributed by atoms with Crippen molar-refractivity contribution >= 4 is 16.7 Å². The summed E-state index contributed by atoms with van der Waals surface area (Å²) in [4.78, 5) is 14.1. The van der Waals surface area contributed by atoms with Gasteiger partial charge in [0.1, 0.15) is 17.1 Å². The van der Waals surface area contributed by atoms with Crippen LogP contribution in [0.2, 0.25) is 0 Å². The average molecular weight is 337 g/mol. The number of hydrogen-bond donors (Lipinski definition) is 0. The first kappa shape index (κ1) is 14.5. The van der Waals surface area contributed by atoms with Gasteiger partial charge in [-0.1, -0.05) is 12.1 Å². The van der Waals surface area contributed by atoms with Crippen LogP contribution in [0.1, 0.15) is 23.1 Å². The number of para-hydroxylation sites is 1. The van der Waals surface area contributed by atoms with Gasteiger partial charge in [0, 0.05) is 10.9 Å². The number of ether oxygens (including phenoxy) is 1. The lowest BCUT2D eigenvalue weighted by Gasteiger charge is -2.31. The molecule has 0 saturated carbocycles. The molecule has 1 aromatic heterocycles. The van der Waals surface area contributed by atoms with E-state index in [9.17, 15) is 9.18 Å². The van der Waals surface area contributed by atoms with Gasteiger partial charge in [0.15, 0.2) is 6.73 Å². The Morgan fingerprint density at radius 1 is 1.00 bits per heavy atom. The zero-order chi connectivity index (χ0) is 17.0. The summed E-state index contributed by atoms with van der Waals surface area (Å²) < 4.78 is 25.6. The maximum atomic E-state index is 14.1. The first-order valence-corrected chi connectivity index (χ1v) is 8.45. The molecule has 0 amide bonds. The molecule has 0 radical (unpaired) electrons. The van der Waals surface area contributed by atoms with Gasteiger partial charge in [-0.05, 0) is 49.1 Å². The fourth-order valence-electron chi connectivity index (χ4n) is 3.92. The fourth-order valence-corrected chi connectivity index (χ4v) is 3.92. The molecule has 25 heavy (non-hydrogen) atoms. The third-order valence-corrected chi connectivity index (χ3v) is 5.12. The molecule has 2 aromatic carbocycles. The molecule has 4 nitrogen and oxygen atoms in total. The number of fused-ring (bicyclic) bond motifs is 5. The first-order chi connectivity index (χ1) is 12.2. The minimum atomic E-state index is -0.294. The van der Waals surface area contributed by atoms with Gasteiger partial charge in [-0.3, -0.25) is 0 Å². The third kappa shape index (κ3) is 2.15. The van der Waals surface area contributed by atoms with Crippen molar-refractivity contribution in [3.63, 3.8) is 0 Å². The molecule has 0 unspecified atom stereocenters. The van der Waals surface area contributed by atoms with Gasteiger partial charge in [0.25, 0.3) is 0 Å². The second-order valence-electron chi connectivity index (χ2n) is 6.54. The molecule has 0 atom stereocenters. The summed E-state index contributed by atoms with van der Waals surface area (Å²) in [6, 6.07) is 10.5. The van der Waals surface area contributed by atoms with Crippen molar-refractivity contribution in [3.05, 3.63) is 69.3 Å². The average Bonchev–Trinajstić information content (AvgIpc) is 3.12. The van der Waals surface area contributed by atoms with E-state index in [4.69, 9.17) is 9.15 Å². The molecule has 2 aliphatic rings. The smallest absolute Gasteiger partial charge is 0.339 e. The molecule has 0 bridgehead atoms. The van der Waals surface area contributed by atoms with E-state index < -0.39 is 0 Å². The summed E-state index contributed by atoms with van der Waals surface area (Å²) in [5.74, 6) is 0.401. The predicted molar refractivity (Wildman–Crippen MR) is 92.6 cm³/mol. The molecule has 126 valence electrons. The van der Waals surface area contributed by atoms with Gasteiger partial charge >= 0.3 is 5.63 Å². The van der Waals surface area contributed by atoms with Crippen LogP contribution in [0.3, 0.4) is 0 Å². The molecule has 0 fully saturated rings. The fraction of sp³-hybridized carbons (Fsp3) is 0.250. The summed E-state index contributed by atoms with van der Waals surface area (Å²) in [5.41, 5.74) is 3.50. The molecular formula is C20H16FNO3. The minimum Gasteiger partial charge on any atom is -0.473 e. The zero-order valence-corrected chi connectivity index (χ0v) is 13.5. The Morgan fingerprint density at radius 3 is 2.72 bits per heavy atom. The van der Waals surface area contributed by atoms with E-state index in [1.807, 2.05) is 17.0 Å². The van der Waals surface area contributed by atoms with Crippen molar-refractivity contribution in [2.45, 2.75) is 25.8 Å². The highest BCUT2D eigenvalue weighted by Crippen LogP contribution is 2.37. The monoisotopic (exact) mass is 337 g/mol. The molecule has 0 spiro atoms. The van der Waals surface area contributed by atoms with Gasteiger partial charge in [-0.25, -0.2) is 9.18 Å². The van der Waals surface area contributed by atoms with E-state index in [-0.39, 0.29) is 18.2 Å². The zero-order valence-electron chi connectivity index (χ0n) is 13.5. The van der Waals surface area contributed by atoms with Crippen LogP contribution in [-0.2, 0) is 19.4 Å². The maximum absolute atomic E-state index is 14.1. The second-order valence-corrected chi connectivity index (χ2v) is 6.54. The standard InChI is InChI=1S/C20H16FNO3/c21-16-6-1-2-7-17(16)22-10-15-18(24-11-22)9-8-13-12-4-3-5-14(12)20(23)25-19(13)15/h1-2,6-9H,3-5,10-11H2. The van der Waals surface area contributed by atoms with Crippen molar-refractivity contribution in [3.8, 4) is 5.75 Å². The molecular weight excluding hydrogens is 321 g/mol. The number of rotatable bonds is 1. The predicted octanol–water partition coefficient (Wildman–Crippen LogP) is 3.78. The summed E-state index contributed by atoms with van der Waals surface area (Å²) in [6.45, 7) is 0.698. The molecule has 5 rings (SSSR count). The largest absolute Gasteiger partial charge is 0.473 e. The summed E-state index contributed by atoms with van der Waals surface area (Å²) in [5, 5.41) is 0.977. The topological polar surface area (TPSA) is 42.7 Å². The van der Waals surface area contributed by atoms with E-state index in [1.54, 1.807) is 18.2 Å². The number of benzene rings is 2. The number of halogens is 1. The normalized spacial score (nSPS) is 15.8. The maximum Gasteiger partial charge on any atom is 0.339 e. The SMILES string of the molecule is O=c1oc2c3c(ccc2c2c1CCC2)OCN(c1ccccc1F)C3. The molecule has 1 aliphatic carbocycles. The van der Waals surface area contributed by atoms with Crippen LogP contribution in [-0.4, -0.2) is 6.73 Å². The number of hydrogen-bond acceptors (Lipinski definition) is 4. The molecule has 5 heteroatoms. The van der Waals surface area contributed by atoms with Crippen molar-refractivity contribution in [2.24, 2.45) is 0 Å². The van der Waals surface area contributed by atoms with Crippen molar-refractivity contribution < 1.29 is 13.5 Å². The Morgan fingerprint density at radius 2 is 1.84 bits per heavy atom. The first-order valence-electron chi connectivity index (χ1n) is 8.45. The summed E-state index contributed by atoms with van der Waals surface area (Å²) >= 11 is 0. The Labute approximate surface area is 143 Å². The molecule has 3 aromatic rings. The van der Waals surface area contributed by atoms with E-state index in [0.717, 1.165) is 41.3 Å². The quantitative estimate of drug-likeness (QED) is 0.634. The Hall–Kier alpha value is -2.82. The lowest BCUT2D eigenvalue weighted by Crippen LogP contribution is -2.32. The van der Waals surface area contributed by atoms with E-state index in [1.165, 1.54) is 6.07 Å². The van der Waals surface area contributed by atoms with Gasteiger partial charge in [0.05, 0.1) is 17.8 Å². The van der Waals surface area contributed by atoms with Crippen LogP contribution in [0, 0.1) is 5.82 Å². The lowest BCUT2D eigenvalue weighted by atomic mass is 10.0. The van der Waals surface area contributed by atoms with Crippen LogP contribution >= 0.6 is 0 Å². The molecule has 1 aliphatic heterocycles. The van der Waals surface area contributed by atoms with Crippen LogP contribution in [0.25, 0.3) is 11.0 Å². The van der Waals surface area contributed by atoms with Gasteiger partial charge < -0.3 is 14.1 Å². The Bertz CT molecular complexity index is 1060. The highest BCUT2D eigenvalue weighted by Gasteiger charge is 2.26. The van der Waals surface area contributed by atoms with Crippen molar-refractivity contribution in [1.29, 1.82) is 0 Å². The van der Waals surface area contributed by atoms with Crippen LogP contribution in [0.15, 0.2) is 45.6 Å². The number of nitrogens with zero attached hydrogens (tertiary/aromatic N) is 1.